The Morgan fingerprint density at radius 3 is 3.00 bits per heavy atom. The molecule has 0 bridgehead atoms. The first kappa shape index (κ1) is 15.0. The lowest BCUT2D eigenvalue weighted by molar-refractivity contribution is 0.0971. The van der Waals surface area contributed by atoms with Crippen molar-refractivity contribution in [2.45, 2.75) is 6.92 Å². The van der Waals surface area contributed by atoms with E-state index in [1.807, 2.05) is 53.9 Å². The highest BCUT2D eigenvalue weighted by Crippen LogP contribution is 2.35. The second kappa shape index (κ2) is 5.52. The van der Waals surface area contributed by atoms with E-state index >= 15 is 0 Å². The summed E-state index contributed by atoms with van der Waals surface area (Å²) in [5.74, 6) is 0.690. The number of hydrogen-bond acceptors (Lipinski definition) is 5. The van der Waals surface area contributed by atoms with Gasteiger partial charge < -0.3 is 14.5 Å². The third kappa shape index (κ3) is 2.24. The molecule has 124 valence electrons. The molecule has 1 aliphatic rings. The lowest BCUT2D eigenvalue weighted by Crippen LogP contribution is -2.38. The van der Waals surface area contributed by atoms with E-state index in [4.69, 9.17) is 4.74 Å². The molecule has 0 saturated heterocycles. The van der Waals surface area contributed by atoms with Crippen molar-refractivity contribution in [3.63, 3.8) is 0 Å². The van der Waals surface area contributed by atoms with E-state index in [2.05, 4.69) is 4.98 Å². The quantitative estimate of drug-likeness (QED) is 0.719. The van der Waals surface area contributed by atoms with Gasteiger partial charge >= 0.3 is 0 Å². The van der Waals surface area contributed by atoms with Crippen molar-refractivity contribution >= 4 is 33.6 Å². The first-order valence-electron chi connectivity index (χ1n) is 7.74. The van der Waals surface area contributed by atoms with Crippen LogP contribution in [-0.2, 0) is 0 Å². The molecule has 2 aromatic heterocycles. The number of thiazole rings is 1. The van der Waals surface area contributed by atoms with Crippen LogP contribution in [0, 0.1) is 6.92 Å². The van der Waals surface area contributed by atoms with Gasteiger partial charge in [0.15, 0.2) is 4.96 Å². The van der Waals surface area contributed by atoms with Crippen molar-refractivity contribution in [2.75, 3.05) is 37.0 Å². The van der Waals surface area contributed by atoms with E-state index in [9.17, 15) is 4.79 Å². The van der Waals surface area contributed by atoms with Gasteiger partial charge in [0.2, 0.25) is 0 Å². The van der Waals surface area contributed by atoms with Crippen LogP contribution in [0.2, 0.25) is 0 Å². The number of rotatable bonds is 2. The molecule has 0 N–H and O–H groups in total. The number of anilines is 2. The zero-order valence-corrected chi connectivity index (χ0v) is 14.6. The molecule has 0 radical (unpaired) electrons. The predicted octanol–water partition coefficient (Wildman–Crippen LogP) is 2.81. The molecule has 7 heteroatoms. The Balaban J connectivity index is 1.76. The van der Waals surface area contributed by atoms with Crippen molar-refractivity contribution in [1.29, 1.82) is 0 Å². The maximum Gasteiger partial charge on any atom is 0.277 e. The monoisotopic (exact) mass is 342 g/mol. The normalized spacial score (nSPS) is 13.7. The molecule has 6 nitrogen and oxygen atoms in total. The number of aromatic nitrogens is 2. The lowest BCUT2D eigenvalue weighted by Gasteiger charge is -2.30. The first-order valence-corrected chi connectivity index (χ1v) is 8.62. The minimum atomic E-state index is -0.0499. The maximum absolute atomic E-state index is 13.1. The average molecular weight is 342 g/mol. The summed E-state index contributed by atoms with van der Waals surface area (Å²) in [5.41, 5.74) is 3.46. The van der Waals surface area contributed by atoms with Crippen LogP contribution in [0.25, 0.3) is 4.96 Å². The number of aryl methyl sites for hydroxylation is 1. The van der Waals surface area contributed by atoms with Crippen LogP contribution in [0.5, 0.6) is 5.75 Å². The van der Waals surface area contributed by atoms with E-state index in [1.54, 1.807) is 22.4 Å². The summed E-state index contributed by atoms with van der Waals surface area (Å²) in [6.45, 7) is 3.00. The smallest absolute Gasteiger partial charge is 0.277 e. The molecule has 0 atom stereocenters. The van der Waals surface area contributed by atoms with Gasteiger partial charge in [-0.1, -0.05) is 0 Å². The Hall–Kier alpha value is -2.54. The zero-order chi connectivity index (χ0) is 16.8. The summed E-state index contributed by atoms with van der Waals surface area (Å²) < 4.78 is 7.68. The number of nitrogens with zero attached hydrogens (tertiary/aromatic N) is 4. The number of amides is 1. The average Bonchev–Trinajstić information content (AvgIpc) is 3.16. The van der Waals surface area contributed by atoms with E-state index in [0.717, 1.165) is 27.8 Å². The Bertz CT molecular complexity index is 928. The molecular formula is C17H18N4O2S. The van der Waals surface area contributed by atoms with Gasteiger partial charge in [0.1, 0.15) is 18.1 Å². The van der Waals surface area contributed by atoms with Crippen LogP contribution in [0.4, 0.5) is 11.4 Å². The molecule has 1 aliphatic heterocycles. The number of imidazole rings is 1. The first-order chi connectivity index (χ1) is 11.6. The van der Waals surface area contributed by atoms with Crippen LogP contribution in [0.3, 0.4) is 0 Å². The Kier molecular flexibility index (Phi) is 3.45. The molecule has 24 heavy (non-hydrogen) atoms. The summed E-state index contributed by atoms with van der Waals surface area (Å²) in [6, 6.07) is 5.91. The highest BCUT2D eigenvalue weighted by Gasteiger charge is 2.27. The van der Waals surface area contributed by atoms with Crippen LogP contribution >= 0.6 is 11.3 Å². The topological polar surface area (TPSA) is 50.1 Å². The van der Waals surface area contributed by atoms with Gasteiger partial charge in [-0.25, -0.2) is 4.98 Å². The summed E-state index contributed by atoms with van der Waals surface area (Å²) in [4.78, 5) is 22.1. The van der Waals surface area contributed by atoms with E-state index < -0.39 is 0 Å². The minimum Gasteiger partial charge on any atom is -0.489 e. The van der Waals surface area contributed by atoms with E-state index in [0.29, 0.717) is 18.8 Å². The van der Waals surface area contributed by atoms with Crippen LogP contribution in [0.15, 0.2) is 29.8 Å². The molecule has 4 rings (SSSR count). The molecule has 0 spiro atoms. The number of ether oxygens (including phenoxy) is 1. The number of carbonyl (C=O) groups excluding carboxylic acids is 1. The number of carbonyl (C=O) groups is 1. The third-order valence-electron chi connectivity index (χ3n) is 4.20. The molecule has 0 unspecified atom stereocenters. The van der Waals surface area contributed by atoms with E-state index in [-0.39, 0.29) is 5.91 Å². The molecule has 0 saturated carbocycles. The zero-order valence-electron chi connectivity index (χ0n) is 13.8. The van der Waals surface area contributed by atoms with Crippen LogP contribution in [-0.4, -0.2) is 42.5 Å². The fraction of sp³-hybridized carbons (Fsp3) is 0.294. The van der Waals surface area contributed by atoms with Gasteiger partial charge in [0, 0.05) is 36.9 Å². The number of hydrogen-bond donors (Lipinski definition) is 0. The van der Waals surface area contributed by atoms with Gasteiger partial charge in [-0.3, -0.25) is 9.20 Å². The second-order valence-electron chi connectivity index (χ2n) is 5.99. The van der Waals surface area contributed by atoms with Crippen molar-refractivity contribution in [3.05, 3.63) is 41.2 Å². The van der Waals surface area contributed by atoms with Crippen LogP contribution in [0.1, 0.15) is 16.2 Å². The van der Waals surface area contributed by atoms with Gasteiger partial charge in [-0.2, -0.15) is 0 Å². The Morgan fingerprint density at radius 1 is 1.38 bits per heavy atom. The summed E-state index contributed by atoms with van der Waals surface area (Å²) >= 11 is 1.54. The van der Waals surface area contributed by atoms with Crippen molar-refractivity contribution < 1.29 is 9.53 Å². The standard InChI is InChI=1S/C17H18N4O2S/c1-11-10-24-17-18-9-14(21(11)17)16(22)20-6-7-23-15-8-12(19(2)3)4-5-13(15)20/h4-5,8-10H,6-7H2,1-3H3. The van der Waals surface area contributed by atoms with Crippen LogP contribution < -0.4 is 14.5 Å². The Morgan fingerprint density at radius 2 is 2.21 bits per heavy atom. The molecule has 3 aromatic rings. The molecule has 1 aromatic carbocycles. The minimum absolute atomic E-state index is 0.0499. The fourth-order valence-corrected chi connectivity index (χ4v) is 3.78. The SMILES string of the molecule is Cc1csc2ncc(C(=O)N3CCOc4cc(N(C)C)ccc43)n12. The number of benzene rings is 1. The number of fused-ring (bicyclic) bond motifs is 2. The predicted molar refractivity (Wildman–Crippen MR) is 95.7 cm³/mol. The molecule has 1 amide bonds. The maximum atomic E-state index is 13.1. The van der Waals surface area contributed by atoms with E-state index in [1.165, 1.54) is 0 Å². The summed E-state index contributed by atoms with van der Waals surface area (Å²) in [7, 11) is 3.96. The molecule has 0 fully saturated rings. The highest BCUT2D eigenvalue weighted by atomic mass is 32.1. The van der Waals surface area contributed by atoms with Gasteiger partial charge in [-0.15, -0.1) is 11.3 Å². The summed E-state index contributed by atoms with van der Waals surface area (Å²) in [6.07, 6.45) is 1.66. The highest BCUT2D eigenvalue weighted by molar-refractivity contribution is 7.15. The van der Waals surface area contributed by atoms with Gasteiger partial charge in [0.25, 0.3) is 5.91 Å². The van der Waals surface area contributed by atoms with Crippen molar-refractivity contribution in [3.8, 4) is 5.75 Å². The largest absolute Gasteiger partial charge is 0.489 e. The fourth-order valence-electron chi connectivity index (χ4n) is 2.94. The Labute approximate surface area is 143 Å². The van der Waals surface area contributed by atoms with Gasteiger partial charge in [0.05, 0.1) is 18.4 Å². The van der Waals surface area contributed by atoms with Crippen molar-refractivity contribution in [1.82, 2.24) is 9.38 Å². The third-order valence-corrected chi connectivity index (χ3v) is 5.16. The van der Waals surface area contributed by atoms with Gasteiger partial charge in [-0.05, 0) is 19.1 Å². The van der Waals surface area contributed by atoms with Crippen molar-refractivity contribution in [2.24, 2.45) is 0 Å². The molecule has 0 aliphatic carbocycles. The summed E-state index contributed by atoms with van der Waals surface area (Å²) in [5, 5.41) is 2.01. The molecular weight excluding hydrogens is 324 g/mol. The lowest BCUT2D eigenvalue weighted by atomic mass is 10.2. The molecule has 3 heterocycles. The second-order valence-corrected chi connectivity index (χ2v) is 6.83.